The third-order valence-electron chi connectivity index (χ3n) is 6.15. The Bertz CT molecular complexity index is 1360. The number of para-hydroxylation sites is 1. The number of fused-ring (bicyclic) bond motifs is 1. The number of hydrogen-bond acceptors (Lipinski definition) is 4. The number of amides is 2. The second-order valence-corrected chi connectivity index (χ2v) is 9.24. The highest BCUT2D eigenvalue weighted by Crippen LogP contribution is 2.31. The molecule has 3 heterocycles. The fraction of sp³-hybridized carbons (Fsp3) is 0.240. The van der Waals surface area contributed by atoms with Crippen LogP contribution in [0.3, 0.4) is 0 Å². The Hall–Kier alpha value is -3.59. The molecule has 0 atom stereocenters. The summed E-state index contributed by atoms with van der Waals surface area (Å²) in [7, 11) is 0. The number of carbonyl (C=O) groups excluding carboxylic acids is 2. The molecule has 0 aliphatic carbocycles. The molecule has 4 aromatic rings. The van der Waals surface area contributed by atoms with Gasteiger partial charge < -0.3 is 15.2 Å². The van der Waals surface area contributed by atoms with Crippen molar-refractivity contribution in [2.24, 2.45) is 0 Å². The Morgan fingerprint density at radius 1 is 1.12 bits per heavy atom. The predicted octanol–water partition coefficient (Wildman–Crippen LogP) is 5.10. The van der Waals surface area contributed by atoms with E-state index in [4.69, 9.17) is 0 Å². The first-order valence-corrected chi connectivity index (χ1v) is 11.9. The molecule has 0 bridgehead atoms. The zero-order chi connectivity index (χ0) is 23.7. The molecule has 1 aliphatic rings. The fourth-order valence-electron chi connectivity index (χ4n) is 4.28. The number of carbonyl (C=O) groups is 2. The van der Waals surface area contributed by atoms with E-state index in [1.54, 1.807) is 5.38 Å². The summed E-state index contributed by atoms with van der Waals surface area (Å²) in [5.41, 5.74) is 2.43. The van der Waals surface area contributed by atoms with Crippen molar-refractivity contribution in [2.75, 3.05) is 18.4 Å². The minimum Gasteiger partial charge on any atom is -0.361 e. The van der Waals surface area contributed by atoms with E-state index >= 15 is 0 Å². The summed E-state index contributed by atoms with van der Waals surface area (Å²) in [5.74, 6) is -2.19. The molecular formula is C25H22F2N4O2S. The monoisotopic (exact) mass is 480 g/mol. The first-order valence-electron chi connectivity index (χ1n) is 11.0. The Balaban J connectivity index is 1.17. The number of benzene rings is 2. The number of nitrogens with one attached hydrogen (secondary N) is 2. The summed E-state index contributed by atoms with van der Waals surface area (Å²) >= 11 is 1.40. The molecular weight excluding hydrogens is 458 g/mol. The second kappa shape index (κ2) is 9.34. The number of aromatic amines is 1. The van der Waals surface area contributed by atoms with Crippen molar-refractivity contribution in [3.8, 4) is 0 Å². The highest BCUT2D eigenvalue weighted by molar-refractivity contribution is 7.10. The maximum absolute atomic E-state index is 13.4. The van der Waals surface area contributed by atoms with Gasteiger partial charge in [0, 0.05) is 53.2 Å². The number of thiazole rings is 1. The molecule has 2 amide bonds. The van der Waals surface area contributed by atoms with Gasteiger partial charge in [-0.05, 0) is 36.6 Å². The third-order valence-corrected chi connectivity index (χ3v) is 7.15. The number of aromatic nitrogens is 2. The lowest BCUT2D eigenvalue weighted by Gasteiger charge is -2.31. The zero-order valence-electron chi connectivity index (χ0n) is 18.2. The van der Waals surface area contributed by atoms with Crippen molar-refractivity contribution in [3.63, 3.8) is 0 Å². The molecule has 1 saturated heterocycles. The molecule has 1 fully saturated rings. The van der Waals surface area contributed by atoms with Gasteiger partial charge >= 0.3 is 0 Å². The van der Waals surface area contributed by atoms with Crippen LogP contribution < -0.4 is 5.32 Å². The molecule has 2 aromatic carbocycles. The Kier molecular flexibility index (Phi) is 6.10. The van der Waals surface area contributed by atoms with Crippen molar-refractivity contribution in [3.05, 3.63) is 81.9 Å². The van der Waals surface area contributed by atoms with Crippen LogP contribution in [0.25, 0.3) is 10.9 Å². The van der Waals surface area contributed by atoms with Gasteiger partial charge in [-0.1, -0.05) is 18.2 Å². The molecule has 5 rings (SSSR count). The molecule has 0 radical (unpaired) electrons. The van der Waals surface area contributed by atoms with Crippen molar-refractivity contribution >= 4 is 39.7 Å². The molecule has 174 valence electrons. The molecule has 0 unspecified atom stereocenters. The summed E-state index contributed by atoms with van der Waals surface area (Å²) in [6.45, 7) is 1.28. The van der Waals surface area contributed by atoms with Crippen LogP contribution in [0.1, 0.15) is 39.8 Å². The SMILES string of the molecule is O=C(Nc1ccc(F)c(F)c1)c1csc(C2CCN(C(=O)Cc3c[nH]c4ccccc34)CC2)n1. The van der Waals surface area contributed by atoms with Crippen LogP contribution in [-0.2, 0) is 11.2 Å². The van der Waals surface area contributed by atoms with Crippen LogP contribution in [0.15, 0.2) is 54.0 Å². The van der Waals surface area contributed by atoms with Crippen LogP contribution in [-0.4, -0.2) is 39.8 Å². The zero-order valence-corrected chi connectivity index (χ0v) is 19.0. The van der Waals surface area contributed by atoms with E-state index in [9.17, 15) is 18.4 Å². The van der Waals surface area contributed by atoms with Crippen LogP contribution >= 0.6 is 11.3 Å². The molecule has 0 saturated carbocycles. The van der Waals surface area contributed by atoms with Crippen molar-refractivity contribution < 1.29 is 18.4 Å². The van der Waals surface area contributed by atoms with E-state index in [1.807, 2.05) is 35.4 Å². The maximum Gasteiger partial charge on any atom is 0.275 e. The summed E-state index contributed by atoms with van der Waals surface area (Å²) in [6, 6.07) is 11.1. The van der Waals surface area contributed by atoms with E-state index in [-0.39, 0.29) is 23.2 Å². The van der Waals surface area contributed by atoms with Gasteiger partial charge in [0.05, 0.1) is 11.4 Å². The van der Waals surface area contributed by atoms with Gasteiger partial charge in [0.15, 0.2) is 11.6 Å². The van der Waals surface area contributed by atoms with Crippen molar-refractivity contribution in [2.45, 2.75) is 25.2 Å². The molecule has 2 N–H and O–H groups in total. The number of likely N-dealkylation sites (tertiary alicyclic amines) is 1. The van der Waals surface area contributed by atoms with Gasteiger partial charge in [-0.2, -0.15) is 0 Å². The highest BCUT2D eigenvalue weighted by Gasteiger charge is 2.27. The minimum atomic E-state index is -1.03. The predicted molar refractivity (Wildman–Crippen MR) is 127 cm³/mol. The standard InChI is InChI=1S/C25H22F2N4O2S/c26-19-6-5-17(12-20(19)27)29-24(33)22-14-34-25(30-22)15-7-9-31(10-8-15)23(32)11-16-13-28-21-4-2-1-3-18(16)21/h1-6,12-15,28H,7-11H2,(H,29,33). The average molecular weight is 481 g/mol. The van der Waals surface area contributed by atoms with Gasteiger partial charge in [0.1, 0.15) is 5.69 Å². The van der Waals surface area contributed by atoms with Crippen molar-refractivity contribution in [1.82, 2.24) is 14.9 Å². The largest absolute Gasteiger partial charge is 0.361 e. The summed E-state index contributed by atoms with van der Waals surface area (Å²) in [5, 5.41) is 6.13. The quantitative estimate of drug-likeness (QED) is 0.417. The fourth-order valence-corrected chi connectivity index (χ4v) is 5.25. The summed E-state index contributed by atoms with van der Waals surface area (Å²) < 4.78 is 26.5. The Labute approximate surface area is 198 Å². The average Bonchev–Trinajstić information content (AvgIpc) is 3.50. The summed E-state index contributed by atoms with van der Waals surface area (Å²) in [4.78, 5) is 34.9. The Morgan fingerprint density at radius 2 is 1.91 bits per heavy atom. The van der Waals surface area contributed by atoms with Gasteiger partial charge in [-0.15, -0.1) is 11.3 Å². The first-order chi connectivity index (χ1) is 16.5. The molecule has 0 spiro atoms. The lowest BCUT2D eigenvalue weighted by molar-refractivity contribution is -0.131. The smallest absolute Gasteiger partial charge is 0.275 e. The third kappa shape index (κ3) is 4.56. The number of rotatable bonds is 5. The van der Waals surface area contributed by atoms with Gasteiger partial charge in [0.2, 0.25) is 5.91 Å². The summed E-state index contributed by atoms with van der Waals surface area (Å²) in [6.07, 6.45) is 3.81. The van der Waals surface area contributed by atoms with E-state index < -0.39 is 17.5 Å². The second-order valence-electron chi connectivity index (χ2n) is 8.35. The lowest BCUT2D eigenvalue weighted by Crippen LogP contribution is -2.38. The van der Waals surface area contributed by atoms with Crippen LogP contribution in [0.2, 0.25) is 0 Å². The number of piperidine rings is 1. The molecule has 9 heteroatoms. The molecule has 1 aliphatic heterocycles. The topological polar surface area (TPSA) is 78.1 Å². The number of hydrogen-bond donors (Lipinski definition) is 2. The maximum atomic E-state index is 13.4. The van der Waals surface area contributed by atoms with Crippen molar-refractivity contribution in [1.29, 1.82) is 0 Å². The molecule has 34 heavy (non-hydrogen) atoms. The van der Waals surface area contributed by atoms with Crippen LogP contribution in [0.5, 0.6) is 0 Å². The number of anilines is 1. The number of H-pyrrole nitrogens is 1. The first kappa shape index (κ1) is 22.2. The van der Waals surface area contributed by atoms with Gasteiger partial charge in [0.25, 0.3) is 5.91 Å². The van der Waals surface area contributed by atoms with Crippen LogP contribution in [0, 0.1) is 11.6 Å². The molecule has 6 nitrogen and oxygen atoms in total. The van der Waals surface area contributed by atoms with E-state index in [0.717, 1.165) is 46.4 Å². The molecule has 2 aromatic heterocycles. The van der Waals surface area contributed by atoms with Crippen LogP contribution in [0.4, 0.5) is 14.5 Å². The Morgan fingerprint density at radius 3 is 2.71 bits per heavy atom. The highest BCUT2D eigenvalue weighted by atomic mass is 32.1. The number of nitrogens with zero attached hydrogens (tertiary/aromatic N) is 2. The van der Waals surface area contributed by atoms with Gasteiger partial charge in [-0.25, -0.2) is 13.8 Å². The lowest BCUT2D eigenvalue weighted by atomic mass is 9.97. The van der Waals surface area contributed by atoms with E-state index in [1.165, 1.54) is 17.4 Å². The minimum absolute atomic E-state index is 0.105. The van der Waals surface area contributed by atoms with Gasteiger partial charge in [-0.3, -0.25) is 9.59 Å². The normalized spacial score (nSPS) is 14.5. The van der Waals surface area contributed by atoms with E-state index in [2.05, 4.69) is 15.3 Å². The van der Waals surface area contributed by atoms with E-state index in [0.29, 0.717) is 19.5 Å². The number of halogens is 2.